The monoisotopic (exact) mass is 250 g/mol. The maximum absolute atomic E-state index is 11.2. The number of aryl methyl sites for hydroxylation is 1. The van der Waals surface area contributed by atoms with Crippen LogP contribution in [0.15, 0.2) is 29.2 Å². The summed E-state index contributed by atoms with van der Waals surface area (Å²) in [5, 5.41) is 0. The number of rotatable bonds is 5. The molecule has 0 N–H and O–H groups in total. The first kappa shape index (κ1) is 14.3. The molecule has 0 heterocycles. The first-order chi connectivity index (χ1) is 7.84. The quantitative estimate of drug-likeness (QED) is 0.571. The van der Waals surface area contributed by atoms with Crippen LogP contribution < -0.4 is 0 Å². The van der Waals surface area contributed by atoms with Crippen LogP contribution in [0.2, 0.25) is 0 Å². The maximum atomic E-state index is 11.2. The molecule has 2 heteroatoms. The Balaban J connectivity index is 3.01. The molecule has 0 aliphatic heterocycles. The van der Waals surface area contributed by atoms with Gasteiger partial charge in [-0.05, 0) is 31.9 Å². The smallest absolute Gasteiger partial charge is 0.126 e. The van der Waals surface area contributed by atoms with Crippen molar-refractivity contribution in [2.24, 2.45) is 5.41 Å². The molecule has 0 spiro atoms. The molecule has 0 aliphatic carbocycles. The molecule has 0 unspecified atom stereocenters. The fourth-order valence-corrected chi connectivity index (χ4v) is 2.79. The molecule has 0 atom stereocenters. The molecule has 0 radical (unpaired) electrons. The fraction of sp³-hybridized carbons (Fsp3) is 0.533. The second-order valence-electron chi connectivity index (χ2n) is 5.41. The lowest BCUT2D eigenvalue weighted by atomic mass is 9.82. The molecular formula is C15H22OS. The van der Waals surface area contributed by atoms with Crippen molar-refractivity contribution < 1.29 is 4.79 Å². The zero-order valence-corrected chi connectivity index (χ0v) is 12.2. The molecule has 1 aromatic rings. The second kappa shape index (κ2) is 5.26. The summed E-state index contributed by atoms with van der Waals surface area (Å²) < 4.78 is -0.111. The van der Waals surface area contributed by atoms with Gasteiger partial charge in [-0.1, -0.05) is 39.0 Å². The van der Waals surface area contributed by atoms with E-state index in [1.807, 2.05) is 13.8 Å². The third-order valence-corrected chi connectivity index (χ3v) is 5.22. The Morgan fingerprint density at radius 3 is 2.29 bits per heavy atom. The highest BCUT2D eigenvalue weighted by Gasteiger charge is 2.38. The van der Waals surface area contributed by atoms with Gasteiger partial charge in [0.05, 0.1) is 0 Å². The highest BCUT2D eigenvalue weighted by molar-refractivity contribution is 8.00. The van der Waals surface area contributed by atoms with E-state index in [-0.39, 0.29) is 10.2 Å². The number of hydrogen-bond acceptors (Lipinski definition) is 2. The van der Waals surface area contributed by atoms with E-state index < -0.39 is 0 Å². The van der Waals surface area contributed by atoms with Gasteiger partial charge in [-0.2, -0.15) is 0 Å². The molecular weight excluding hydrogens is 228 g/mol. The van der Waals surface area contributed by atoms with E-state index in [1.165, 1.54) is 10.5 Å². The van der Waals surface area contributed by atoms with Crippen molar-refractivity contribution in [2.45, 2.75) is 50.7 Å². The average molecular weight is 250 g/mol. The summed E-state index contributed by atoms with van der Waals surface area (Å²) in [6.07, 6.45) is 2.09. The van der Waals surface area contributed by atoms with E-state index >= 15 is 0 Å². The lowest BCUT2D eigenvalue weighted by molar-refractivity contribution is -0.115. The average Bonchev–Trinajstić information content (AvgIpc) is 2.29. The molecule has 0 saturated carbocycles. The molecule has 0 aliphatic rings. The van der Waals surface area contributed by atoms with Crippen molar-refractivity contribution in [2.75, 3.05) is 0 Å². The molecule has 0 amide bonds. The largest absolute Gasteiger partial charge is 0.303 e. The number of benzene rings is 1. The van der Waals surface area contributed by atoms with Crippen LogP contribution in [0.5, 0.6) is 0 Å². The van der Waals surface area contributed by atoms with Gasteiger partial charge in [-0.15, -0.1) is 11.8 Å². The number of carbonyl (C=O) groups is 1. The van der Waals surface area contributed by atoms with Gasteiger partial charge in [0.1, 0.15) is 6.29 Å². The van der Waals surface area contributed by atoms with Crippen molar-refractivity contribution in [3.05, 3.63) is 29.8 Å². The van der Waals surface area contributed by atoms with Crippen molar-refractivity contribution in [1.29, 1.82) is 0 Å². The van der Waals surface area contributed by atoms with Crippen LogP contribution in [-0.4, -0.2) is 11.0 Å². The Morgan fingerprint density at radius 2 is 1.76 bits per heavy atom. The molecule has 0 fully saturated rings. The zero-order chi connectivity index (χ0) is 13.1. The summed E-state index contributed by atoms with van der Waals surface area (Å²) in [6.45, 7) is 10.4. The second-order valence-corrected chi connectivity index (χ2v) is 7.08. The summed E-state index contributed by atoms with van der Waals surface area (Å²) >= 11 is 1.80. The van der Waals surface area contributed by atoms with Crippen LogP contribution in [0.3, 0.4) is 0 Å². The minimum Gasteiger partial charge on any atom is -0.303 e. The van der Waals surface area contributed by atoms with Gasteiger partial charge in [0, 0.05) is 15.1 Å². The number of hydrogen-bond donors (Lipinski definition) is 0. The van der Waals surface area contributed by atoms with E-state index in [4.69, 9.17) is 0 Å². The Hall–Kier alpha value is -0.760. The third-order valence-electron chi connectivity index (χ3n) is 3.56. The Labute approximate surface area is 109 Å². The van der Waals surface area contributed by atoms with E-state index in [9.17, 15) is 4.79 Å². The van der Waals surface area contributed by atoms with Crippen molar-refractivity contribution in [3.8, 4) is 0 Å². The Bertz CT molecular complexity index is 394. The van der Waals surface area contributed by atoms with Crippen LogP contribution in [0.4, 0.5) is 0 Å². The standard InChI is InChI=1S/C15H22OS/c1-6-12-9-7-8-10-13(12)17-15(4,5)14(2,3)11-16/h7-11H,6H2,1-5H3. The predicted octanol–water partition coefficient (Wildman–Crippen LogP) is 4.34. The maximum Gasteiger partial charge on any atom is 0.126 e. The lowest BCUT2D eigenvalue weighted by Crippen LogP contribution is -2.37. The minimum atomic E-state index is -0.335. The van der Waals surface area contributed by atoms with Crippen molar-refractivity contribution in [3.63, 3.8) is 0 Å². The lowest BCUT2D eigenvalue weighted by Gasteiger charge is -2.37. The Kier molecular flexibility index (Phi) is 4.42. The molecule has 1 rings (SSSR count). The van der Waals surface area contributed by atoms with Gasteiger partial charge in [0.25, 0.3) is 0 Å². The van der Waals surface area contributed by atoms with E-state index in [1.54, 1.807) is 11.8 Å². The summed E-state index contributed by atoms with van der Waals surface area (Å²) in [6, 6.07) is 8.44. The first-order valence-electron chi connectivity index (χ1n) is 6.07. The van der Waals surface area contributed by atoms with Gasteiger partial charge in [0.15, 0.2) is 0 Å². The van der Waals surface area contributed by atoms with Crippen LogP contribution in [-0.2, 0) is 11.2 Å². The van der Waals surface area contributed by atoms with Crippen LogP contribution in [0, 0.1) is 5.41 Å². The highest BCUT2D eigenvalue weighted by atomic mass is 32.2. The normalized spacial score (nSPS) is 12.5. The molecule has 0 aromatic heterocycles. The van der Waals surface area contributed by atoms with Gasteiger partial charge >= 0.3 is 0 Å². The van der Waals surface area contributed by atoms with Crippen LogP contribution in [0.1, 0.15) is 40.2 Å². The van der Waals surface area contributed by atoms with Crippen molar-refractivity contribution >= 4 is 18.0 Å². The fourth-order valence-electron chi connectivity index (χ4n) is 1.44. The van der Waals surface area contributed by atoms with E-state index in [0.717, 1.165) is 12.7 Å². The van der Waals surface area contributed by atoms with Gasteiger partial charge in [-0.3, -0.25) is 0 Å². The summed E-state index contributed by atoms with van der Waals surface area (Å²) in [5.41, 5.74) is 1.02. The molecule has 17 heavy (non-hydrogen) atoms. The topological polar surface area (TPSA) is 17.1 Å². The van der Waals surface area contributed by atoms with Gasteiger partial charge < -0.3 is 4.79 Å². The molecule has 0 bridgehead atoms. The number of aldehydes is 1. The predicted molar refractivity (Wildman–Crippen MR) is 75.6 cm³/mol. The molecule has 94 valence electrons. The van der Waals surface area contributed by atoms with Crippen LogP contribution >= 0.6 is 11.8 Å². The third kappa shape index (κ3) is 3.12. The Morgan fingerprint density at radius 1 is 1.18 bits per heavy atom. The molecule has 1 nitrogen and oxygen atoms in total. The first-order valence-corrected chi connectivity index (χ1v) is 6.89. The van der Waals surface area contributed by atoms with E-state index in [0.29, 0.717) is 0 Å². The zero-order valence-electron chi connectivity index (χ0n) is 11.4. The number of thioether (sulfide) groups is 1. The van der Waals surface area contributed by atoms with Crippen molar-refractivity contribution in [1.82, 2.24) is 0 Å². The van der Waals surface area contributed by atoms with Gasteiger partial charge in [-0.25, -0.2) is 0 Å². The summed E-state index contributed by atoms with van der Waals surface area (Å²) in [5.74, 6) is 0. The van der Waals surface area contributed by atoms with E-state index in [2.05, 4.69) is 45.0 Å². The minimum absolute atomic E-state index is 0.111. The molecule has 0 saturated heterocycles. The highest BCUT2D eigenvalue weighted by Crippen LogP contribution is 2.45. The summed E-state index contributed by atoms with van der Waals surface area (Å²) in [4.78, 5) is 12.5. The van der Waals surface area contributed by atoms with Gasteiger partial charge in [0.2, 0.25) is 0 Å². The SMILES string of the molecule is CCc1ccccc1SC(C)(C)C(C)(C)C=O. The van der Waals surface area contributed by atoms with Crippen LogP contribution in [0.25, 0.3) is 0 Å². The number of carbonyl (C=O) groups excluding carboxylic acids is 1. The summed E-state index contributed by atoms with van der Waals surface area (Å²) in [7, 11) is 0. The molecule has 1 aromatic carbocycles.